The smallest absolute Gasteiger partial charge is 0.237 e. The van der Waals surface area contributed by atoms with Crippen molar-refractivity contribution < 1.29 is 4.79 Å². The molecule has 0 aliphatic carbocycles. The lowest BCUT2D eigenvalue weighted by Crippen LogP contribution is -2.12. The van der Waals surface area contributed by atoms with Crippen LogP contribution in [0.5, 0.6) is 0 Å². The van der Waals surface area contributed by atoms with E-state index in [-0.39, 0.29) is 5.91 Å². The van der Waals surface area contributed by atoms with E-state index in [0.717, 1.165) is 5.56 Å². The van der Waals surface area contributed by atoms with Crippen LogP contribution < -0.4 is 0 Å². The molecule has 2 aromatic heterocycles. The zero-order valence-electron chi connectivity index (χ0n) is 9.52. The number of imidazole rings is 1. The molecule has 0 atom stereocenters. The summed E-state index contributed by atoms with van der Waals surface area (Å²) >= 11 is 0. The molecule has 88 valence electrons. The number of carbonyl (C=O) groups excluding carboxylic acids is 1. The van der Waals surface area contributed by atoms with Crippen LogP contribution in [0.2, 0.25) is 0 Å². The lowest BCUT2D eigenvalue weighted by Gasteiger charge is -2.02. The summed E-state index contributed by atoms with van der Waals surface area (Å²) in [5.41, 5.74) is 2.14. The summed E-state index contributed by atoms with van der Waals surface area (Å²) in [5.74, 6) is -0.0533. The summed E-state index contributed by atoms with van der Waals surface area (Å²) in [5, 5.41) is 0. The van der Waals surface area contributed by atoms with E-state index in [0.29, 0.717) is 17.6 Å². The monoisotopic (exact) mass is 238 g/mol. The summed E-state index contributed by atoms with van der Waals surface area (Å²) in [6, 6.07) is 9.60. The second kappa shape index (κ2) is 4.37. The highest BCUT2D eigenvalue weighted by Crippen LogP contribution is 2.09. The Bertz CT molecular complexity index is 690. The van der Waals surface area contributed by atoms with Crippen LogP contribution >= 0.6 is 0 Å². The molecule has 0 aliphatic rings. The fraction of sp³-hybridized carbons (Fsp3) is 0.0769. The SMILES string of the molecule is O=C(Cc1ccccc1)n1cnc2cncnc21. The Morgan fingerprint density at radius 1 is 1.17 bits per heavy atom. The van der Waals surface area contributed by atoms with Crippen molar-refractivity contribution in [1.82, 2.24) is 19.5 Å². The second-order valence-electron chi connectivity index (χ2n) is 3.90. The molecule has 0 radical (unpaired) electrons. The van der Waals surface area contributed by atoms with Crippen molar-refractivity contribution in [2.45, 2.75) is 6.42 Å². The molecule has 5 nitrogen and oxygen atoms in total. The van der Waals surface area contributed by atoms with E-state index in [1.807, 2.05) is 30.3 Å². The van der Waals surface area contributed by atoms with Crippen LogP contribution in [-0.2, 0) is 6.42 Å². The summed E-state index contributed by atoms with van der Waals surface area (Å²) in [7, 11) is 0. The van der Waals surface area contributed by atoms with E-state index in [1.165, 1.54) is 17.2 Å². The molecule has 0 saturated heterocycles. The van der Waals surface area contributed by atoms with Crippen LogP contribution in [0, 0.1) is 0 Å². The molecular weight excluding hydrogens is 228 g/mol. The number of hydrogen-bond donors (Lipinski definition) is 0. The first kappa shape index (κ1) is 10.6. The minimum absolute atomic E-state index is 0.0533. The third-order valence-electron chi connectivity index (χ3n) is 2.68. The molecule has 0 spiro atoms. The summed E-state index contributed by atoms with van der Waals surface area (Å²) in [6.07, 6.45) is 4.83. The third kappa shape index (κ3) is 1.86. The van der Waals surface area contributed by atoms with Gasteiger partial charge in [0.15, 0.2) is 5.65 Å². The van der Waals surface area contributed by atoms with Crippen molar-refractivity contribution in [3.05, 3.63) is 54.7 Å². The van der Waals surface area contributed by atoms with Gasteiger partial charge in [-0.05, 0) is 5.56 Å². The van der Waals surface area contributed by atoms with Crippen molar-refractivity contribution in [1.29, 1.82) is 0 Å². The molecule has 1 aromatic carbocycles. The van der Waals surface area contributed by atoms with E-state index in [1.54, 1.807) is 6.20 Å². The zero-order chi connectivity index (χ0) is 12.4. The van der Waals surface area contributed by atoms with E-state index >= 15 is 0 Å². The first-order valence-electron chi connectivity index (χ1n) is 5.55. The Kier molecular flexibility index (Phi) is 2.57. The first-order valence-corrected chi connectivity index (χ1v) is 5.55. The minimum Gasteiger partial charge on any atom is -0.274 e. The highest BCUT2D eigenvalue weighted by atomic mass is 16.2. The maximum atomic E-state index is 12.2. The lowest BCUT2D eigenvalue weighted by molar-refractivity contribution is 0.0918. The molecular formula is C13H10N4O. The van der Waals surface area contributed by atoms with Gasteiger partial charge < -0.3 is 0 Å². The van der Waals surface area contributed by atoms with Crippen LogP contribution in [0.4, 0.5) is 0 Å². The number of nitrogens with zero attached hydrogens (tertiary/aromatic N) is 4. The maximum Gasteiger partial charge on any atom is 0.237 e. The fourth-order valence-corrected chi connectivity index (χ4v) is 1.81. The van der Waals surface area contributed by atoms with E-state index in [2.05, 4.69) is 15.0 Å². The predicted molar refractivity (Wildman–Crippen MR) is 66.1 cm³/mol. The number of benzene rings is 1. The zero-order valence-corrected chi connectivity index (χ0v) is 9.52. The fourth-order valence-electron chi connectivity index (χ4n) is 1.81. The Balaban J connectivity index is 1.93. The third-order valence-corrected chi connectivity index (χ3v) is 2.68. The molecule has 0 saturated carbocycles. The van der Waals surface area contributed by atoms with Gasteiger partial charge >= 0.3 is 0 Å². The number of aromatic nitrogens is 4. The minimum atomic E-state index is -0.0533. The van der Waals surface area contributed by atoms with Crippen molar-refractivity contribution in [2.75, 3.05) is 0 Å². The van der Waals surface area contributed by atoms with Crippen molar-refractivity contribution in [3.63, 3.8) is 0 Å². The van der Waals surface area contributed by atoms with Gasteiger partial charge in [0.2, 0.25) is 5.91 Å². The Labute approximate surface area is 103 Å². The topological polar surface area (TPSA) is 60.7 Å². The summed E-state index contributed by atoms with van der Waals surface area (Å²) in [6.45, 7) is 0. The number of hydrogen-bond acceptors (Lipinski definition) is 4. The van der Waals surface area contributed by atoms with Crippen LogP contribution in [0.25, 0.3) is 11.2 Å². The van der Waals surface area contributed by atoms with E-state index in [9.17, 15) is 4.79 Å². The number of rotatable bonds is 2. The highest BCUT2D eigenvalue weighted by molar-refractivity contribution is 5.89. The first-order chi connectivity index (χ1) is 8.84. The summed E-state index contributed by atoms with van der Waals surface area (Å²) in [4.78, 5) is 24.2. The average molecular weight is 238 g/mol. The van der Waals surface area contributed by atoms with Crippen LogP contribution in [0.1, 0.15) is 10.4 Å². The van der Waals surface area contributed by atoms with Gasteiger partial charge in [-0.2, -0.15) is 0 Å². The molecule has 0 unspecified atom stereocenters. The second-order valence-corrected chi connectivity index (χ2v) is 3.90. The van der Waals surface area contributed by atoms with Gasteiger partial charge in [-0.15, -0.1) is 0 Å². The van der Waals surface area contributed by atoms with Gasteiger partial charge in [-0.1, -0.05) is 30.3 Å². The van der Waals surface area contributed by atoms with Crippen LogP contribution in [-0.4, -0.2) is 25.4 Å². The molecule has 18 heavy (non-hydrogen) atoms. The molecule has 0 aliphatic heterocycles. The Morgan fingerprint density at radius 3 is 2.83 bits per heavy atom. The van der Waals surface area contributed by atoms with E-state index in [4.69, 9.17) is 0 Å². The molecule has 0 amide bonds. The molecule has 0 fully saturated rings. The molecule has 3 rings (SSSR count). The number of carbonyl (C=O) groups is 1. The van der Waals surface area contributed by atoms with Gasteiger partial charge in [0.05, 0.1) is 12.6 Å². The Hall–Kier alpha value is -2.56. The normalized spacial score (nSPS) is 10.7. The highest BCUT2D eigenvalue weighted by Gasteiger charge is 2.11. The molecule has 3 aromatic rings. The molecule has 0 bridgehead atoms. The molecule has 0 N–H and O–H groups in total. The summed E-state index contributed by atoms with van der Waals surface area (Å²) < 4.78 is 1.46. The van der Waals surface area contributed by atoms with Crippen LogP contribution in [0.3, 0.4) is 0 Å². The van der Waals surface area contributed by atoms with Gasteiger partial charge in [0, 0.05) is 0 Å². The van der Waals surface area contributed by atoms with Crippen molar-refractivity contribution in [3.8, 4) is 0 Å². The van der Waals surface area contributed by atoms with Crippen molar-refractivity contribution in [2.24, 2.45) is 0 Å². The maximum absolute atomic E-state index is 12.2. The van der Waals surface area contributed by atoms with Gasteiger partial charge in [0.25, 0.3) is 0 Å². The van der Waals surface area contributed by atoms with Crippen molar-refractivity contribution >= 4 is 17.1 Å². The quantitative estimate of drug-likeness (QED) is 0.682. The largest absolute Gasteiger partial charge is 0.274 e. The number of fused-ring (bicyclic) bond motifs is 1. The standard InChI is InChI=1S/C13H10N4O/c18-12(6-10-4-2-1-3-5-10)17-9-16-11-7-14-8-15-13(11)17/h1-5,7-9H,6H2. The average Bonchev–Trinajstić information content (AvgIpc) is 2.84. The Morgan fingerprint density at radius 2 is 2.00 bits per heavy atom. The van der Waals surface area contributed by atoms with Gasteiger partial charge in [0.1, 0.15) is 18.2 Å². The molecule has 5 heteroatoms. The molecule has 2 heterocycles. The predicted octanol–water partition coefficient (Wildman–Crippen LogP) is 1.71. The van der Waals surface area contributed by atoms with Gasteiger partial charge in [-0.3, -0.25) is 9.36 Å². The lowest BCUT2D eigenvalue weighted by atomic mass is 10.1. The van der Waals surface area contributed by atoms with Crippen LogP contribution in [0.15, 0.2) is 49.2 Å². The van der Waals surface area contributed by atoms with Gasteiger partial charge in [-0.25, -0.2) is 15.0 Å². The van der Waals surface area contributed by atoms with E-state index < -0.39 is 0 Å².